The lowest BCUT2D eigenvalue weighted by molar-refractivity contribution is -0.167. The number of hydrogen-bond donors (Lipinski definition) is 0. The summed E-state index contributed by atoms with van der Waals surface area (Å²) in [6.45, 7) is 0. The molecule has 0 saturated carbocycles. The Bertz CT molecular complexity index is 549. The summed E-state index contributed by atoms with van der Waals surface area (Å²) in [5, 5.41) is -0.328. The average molecular weight is 253 g/mol. The number of halogens is 2. The van der Waals surface area contributed by atoms with Crippen molar-refractivity contribution in [3.8, 4) is 0 Å². The molecule has 2 rings (SSSR count). The van der Waals surface area contributed by atoms with Crippen LogP contribution in [0.25, 0.3) is 0 Å². The molecule has 0 aliphatic rings. The highest BCUT2D eigenvalue weighted by molar-refractivity contribution is 7.72. The van der Waals surface area contributed by atoms with Crippen LogP contribution in [0, 0.1) is 11.6 Å². The first-order valence-electron chi connectivity index (χ1n) is 4.83. The predicted octanol–water partition coefficient (Wildman–Crippen LogP) is 1.55. The van der Waals surface area contributed by atoms with Gasteiger partial charge in [0.15, 0.2) is 0 Å². The maximum absolute atomic E-state index is 13.0. The molecule has 0 amide bonds. The second-order valence-corrected chi connectivity index (χ2v) is 5.65. The van der Waals surface area contributed by atoms with E-state index in [0.29, 0.717) is 0 Å². The zero-order valence-electron chi connectivity index (χ0n) is 8.64. The zero-order chi connectivity index (χ0) is 12.5. The Morgan fingerprint density at radius 1 is 0.882 bits per heavy atom. The van der Waals surface area contributed by atoms with E-state index in [1.807, 2.05) is 0 Å². The van der Waals surface area contributed by atoms with E-state index in [9.17, 15) is 18.2 Å². The average Bonchev–Trinajstić information content (AvgIpc) is 2.29. The van der Waals surface area contributed by atoms with E-state index in [0.717, 1.165) is 24.3 Å². The molecule has 0 N–H and O–H groups in total. The minimum Gasteiger partial charge on any atom is -0.793 e. The molecule has 0 spiro atoms. The Morgan fingerprint density at radius 2 is 1.29 bits per heavy atom. The van der Waals surface area contributed by atoms with Crippen LogP contribution < -0.4 is 15.5 Å². The van der Waals surface area contributed by atoms with Gasteiger partial charge in [0.25, 0.3) is 0 Å². The lowest BCUT2D eigenvalue weighted by atomic mass is 10.3. The third-order valence-corrected chi connectivity index (χ3v) is 4.21. The molecule has 0 heterocycles. The molecule has 0 aliphatic carbocycles. The van der Waals surface area contributed by atoms with Crippen molar-refractivity contribution in [2.24, 2.45) is 0 Å². The fourth-order valence-corrected chi connectivity index (χ4v) is 2.92. The molecule has 2 nitrogen and oxygen atoms in total. The van der Waals surface area contributed by atoms with Crippen LogP contribution in [-0.2, 0) is 4.57 Å². The molecule has 88 valence electrons. The van der Waals surface area contributed by atoms with Crippen molar-refractivity contribution in [2.75, 3.05) is 0 Å². The third kappa shape index (κ3) is 2.43. The maximum atomic E-state index is 13.0. The van der Waals surface area contributed by atoms with Gasteiger partial charge in [-0.25, -0.2) is 8.78 Å². The topological polar surface area (TPSA) is 40.1 Å². The Labute approximate surface area is 97.0 Å². The van der Waals surface area contributed by atoms with E-state index in [1.54, 1.807) is 0 Å². The van der Waals surface area contributed by atoms with Gasteiger partial charge in [0, 0.05) is 10.6 Å². The summed E-state index contributed by atoms with van der Waals surface area (Å²) in [5.74, 6) is -1.29. The highest BCUT2D eigenvalue weighted by Crippen LogP contribution is 2.33. The molecule has 0 atom stereocenters. The van der Waals surface area contributed by atoms with Crippen molar-refractivity contribution in [3.05, 3.63) is 60.2 Å². The normalized spacial score (nSPS) is 11.5. The summed E-state index contributed by atoms with van der Waals surface area (Å²) < 4.78 is 37.9. The fourth-order valence-electron chi connectivity index (χ4n) is 1.47. The number of benzene rings is 2. The van der Waals surface area contributed by atoms with Gasteiger partial charge < -0.3 is 9.46 Å². The van der Waals surface area contributed by atoms with Crippen molar-refractivity contribution < 1.29 is 18.2 Å². The summed E-state index contributed by atoms with van der Waals surface area (Å²) >= 11 is 0. The standard InChI is InChI=1S/C12H9F2O2P/c13-9-3-1-5-11(7-9)17(15,16)12-6-2-4-10(14)8-12/h1-8H,(H,15,16)/p-1. The van der Waals surface area contributed by atoms with Crippen LogP contribution in [0.5, 0.6) is 0 Å². The molecule has 2 aromatic carbocycles. The molecule has 0 aromatic heterocycles. The van der Waals surface area contributed by atoms with Gasteiger partial charge in [-0.05, 0) is 24.3 Å². The first-order chi connectivity index (χ1) is 8.00. The number of hydrogen-bond acceptors (Lipinski definition) is 2. The lowest BCUT2D eigenvalue weighted by Crippen LogP contribution is -2.25. The second kappa shape index (κ2) is 4.40. The third-order valence-electron chi connectivity index (χ3n) is 2.30. The van der Waals surface area contributed by atoms with Crippen molar-refractivity contribution in [1.29, 1.82) is 0 Å². The van der Waals surface area contributed by atoms with Gasteiger partial charge in [0.05, 0.1) is 7.37 Å². The molecule has 0 saturated heterocycles. The Balaban J connectivity index is 2.53. The van der Waals surface area contributed by atoms with Gasteiger partial charge >= 0.3 is 0 Å². The molecule has 0 aliphatic heterocycles. The van der Waals surface area contributed by atoms with Gasteiger partial charge in [-0.3, -0.25) is 0 Å². The first kappa shape index (κ1) is 12.0. The predicted molar refractivity (Wildman–Crippen MR) is 59.7 cm³/mol. The summed E-state index contributed by atoms with van der Waals surface area (Å²) in [6, 6.07) is 9.29. The van der Waals surface area contributed by atoms with E-state index < -0.39 is 19.0 Å². The molecule has 0 unspecified atom stereocenters. The van der Waals surface area contributed by atoms with Crippen LogP contribution in [0.3, 0.4) is 0 Å². The molecule has 0 fully saturated rings. The SMILES string of the molecule is O=P([O-])(c1cccc(F)c1)c1cccc(F)c1. The molecule has 2 aromatic rings. The fraction of sp³-hybridized carbons (Fsp3) is 0. The van der Waals surface area contributed by atoms with E-state index in [-0.39, 0.29) is 10.6 Å². The molecule has 0 bridgehead atoms. The summed E-state index contributed by atoms with van der Waals surface area (Å²) in [4.78, 5) is 12.0. The van der Waals surface area contributed by atoms with Crippen molar-refractivity contribution >= 4 is 18.0 Å². The lowest BCUT2D eigenvalue weighted by Gasteiger charge is -2.24. The quantitative estimate of drug-likeness (QED) is 0.762. The van der Waals surface area contributed by atoms with Crippen LogP contribution in [0.15, 0.2) is 48.5 Å². The Morgan fingerprint density at radius 3 is 1.65 bits per heavy atom. The highest BCUT2D eigenvalue weighted by atomic mass is 31.2. The van der Waals surface area contributed by atoms with Gasteiger partial charge in [0.1, 0.15) is 11.6 Å². The van der Waals surface area contributed by atoms with Crippen LogP contribution in [0.1, 0.15) is 0 Å². The molecule has 5 heteroatoms. The molecular weight excluding hydrogens is 245 g/mol. The summed E-state index contributed by atoms with van der Waals surface area (Å²) in [6.07, 6.45) is 0. The van der Waals surface area contributed by atoms with Gasteiger partial charge in [-0.1, -0.05) is 24.3 Å². The zero-order valence-corrected chi connectivity index (χ0v) is 9.53. The van der Waals surface area contributed by atoms with E-state index in [4.69, 9.17) is 0 Å². The first-order valence-corrected chi connectivity index (χ1v) is 6.46. The van der Waals surface area contributed by atoms with E-state index in [1.165, 1.54) is 24.3 Å². The minimum absolute atomic E-state index is 0.164. The van der Waals surface area contributed by atoms with Gasteiger partial charge in [-0.2, -0.15) is 0 Å². The van der Waals surface area contributed by atoms with Crippen molar-refractivity contribution in [1.82, 2.24) is 0 Å². The smallest absolute Gasteiger partial charge is 0.123 e. The van der Waals surface area contributed by atoms with E-state index in [2.05, 4.69) is 0 Å². The monoisotopic (exact) mass is 253 g/mol. The number of rotatable bonds is 2. The van der Waals surface area contributed by atoms with Gasteiger partial charge in [0.2, 0.25) is 0 Å². The molecule has 17 heavy (non-hydrogen) atoms. The highest BCUT2D eigenvalue weighted by Gasteiger charge is 2.15. The largest absolute Gasteiger partial charge is 0.793 e. The molecular formula is C12H8F2O2P-. The maximum Gasteiger partial charge on any atom is 0.123 e. The van der Waals surface area contributed by atoms with Crippen molar-refractivity contribution in [2.45, 2.75) is 0 Å². The Hall–Kier alpha value is -1.51. The molecule has 0 radical (unpaired) electrons. The van der Waals surface area contributed by atoms with Crippen LogP contribution in [0.2, 0.25) is 0 Å². The van der Waals surface area contributed by atoms with Crippen LogP contribution >= 0.6 is 7.37 Å². The van der Waals surface area contributed by atoms with E-state index >= 15 is 0 Å². The van der Waals surface area contributed by atoms with Crippen molar-refractivity contribution in [3.63, 3.8) is 0 Å². The van der Waals surface area contributed by atoms with Crippen LogP contribution in [-0.4, -0.2) is 0 Å². The van der Waals surface area contributed by atoms with Crippen LogP contribution in [0.4, 0.5) is 8.78 Å². The summed E-state index contributed by atoms with van der Waals surface area (Å²) in [7, 11) is -4.18. The minimum atomic E-state index is -4.18. The second-order valence-electron chi connectivity index (χ2n) is 3.51. The van der Waals surface area contributed by atoms with Gasteiger partial charge in [-0.15, -0.1) is 0 Å². The Kier molecular flexibility index (Phi) is 3.09. The summed E-state index contributed by atoms with van der Waals surface area (Å²) in [5.41, 5.74) is 0.